The number of oxime groups is 1. The fraction of sp³-hybridized carbons (Fsp3) is 0.182. The van der Waals surface area contributed by atoms with E-state index in [0.717, 1.165) is 5.01 Å². The minimum Gasteiger partial charge on any atom is -0.391 e. The van der Waals surface area contributed by atoms with Crippen LogP contribution in [-0.4, -0.2) is 29.5 Å². The highest BCUT2D eigenvalue weighted by molar-refractivity contribution is 6.36. The summed E-state index contributed by atoms with van der Waals surface area (Å²) in [5.41, 5.74) is 3.32. The lowest BCUT2D eigenvalue weighted by atomic mass is 10.2. The predicted octanol–water partition coefficient (Wildman–Crippen LogP) is 1.75. The molecule has 1 aromatic carbocycles. The van der Waals surface area contributed by atoms with Crippen molar-refractivity contribution in [3.05, 3.63) is 33.8 Å². The maximum absolute atomic E-state index is 11.0. The first kappa shape index (κ1) is 14.6. The second kappa shape index (κ2) is 6.56. The smallest absolute Gasteiger partial charge is 0.352 e. The van der Waals surface area contributed by atoms with Crippen LogP contribution < -0.4 is 11.3 Å². The molecule has 2 rings (SSSR count). The molecule has 0 saturated heterocycles. The molecule has 7 nitrogen and oxygen atoms in total. The number of hydrazine groups is 1. The highest BCUT2D eigenvalue weighted by Crippen LogP contribution is 2.24. The first-order valence-corrected chi connectivity index (χ1v) is 6.30. The van der Waals surface area contributed by atoms with Crippen LogP contribution in [0.2, 0.25) is 10.0 Å². The van der Waals surface area contributed by atoms with E-state index in [-0.39, 0.29) is 13.2 Å². The Morgan fingerprint density at radius 1 is 1.50 bits per heavy atom. The topological polar surface area (TPSA) is 92.3 Å². The Morgan fingerprint density at radius 3 is 2.85 bits per heavy atom. The number of carbonyl (C=O) groups is 1. The Balaban J connectivity index is 1.90. The number of carbonyl (C=O) groups excluding carboxylic acids is 1. The highest BCUT2D eigenvalue weighted by Gasteiger charge is 2.16. The average molecular weight is 316 g/mol. The lowest BCUT2D eigenvalue weighted by Crippen LogP contribution is -2.50. The van der Waals surface area contributed by atoms with Gasteiger partial charge in [0.05, 0.1) is 12.8 Å². The molecule has 9 heteroatoms. The van der Waals surface area contributed by atoms with Gasteiger partial charge in [-0.15, -0.1) is 0 Å². The summed E-state index contributed by atoms with van der Waals surface area (Å²) in [6.45, 7) is 0.270. The summed E-state index contributed by atoms with van der Waals surface area (Å²) in [6, 6.07) is 4.68. The number of nitrogens with two attached hydrogens (primary N) is 1. The van der Waals surface area contributed by atoms with E-state index in [9.17, 15) is 4.79 Å². The molecule has 0 aliphatic carbocycles. The number of halogens is 2. The molecule has 1 heterocycles. The number of benzene rings is 1. The lowest BCUT2D eigenvalue weighted by molar-refractivity contribution is 0.132. The van der Waals surface area contributed by atoms with Gasteiger partial charge in [-0.25, -0.2) is 16.1 Å². The van der Waals surface area contributed by atoms with Crippen LogP contribution in [0.1, 0.15) is 5.56 Å². The predicted molar refractivity (Wildman–Crippen MR) is 76.6 cm³/mol. The molecule has 1 aliphatic rings. The van der Waals surface area contributed by atoms with Gasteiger partial charge < -0.3 is 4.84 Å². The fourth-order valence-electron chi connectivity index (χ4n) is 1.41. The van der Waals surface area contributed by atoms with Gasteiger partial charge in [-0.2, -0.15) is 5.10 Å². The number of urea groups is 1. The summed E-state index contributed by atoms with van der Waals surface area (Å²) in [5, 5.41) is 9.46. The third-order valence-corrected chi connectivity index (χ3v) is 3.14. The third-order valence-electron chi connectivity index (χ3n) is 2.44. The van der Waals surface area contributed by atoms with Crippen LogP contribution in [0.4, 0.5) is 4.79 Å². The normalized spacial score (nSPS) is 15.2. The van der Waals surface area contributed by atoms with Gasteiger partial charge in [-0.05, 0) is 12.1 Å². The highest BCUT2D eigenvalue weighted by atomic mass is 35.5. The average Bonchev–Trinajstić information content (AvgIpc) is 2.41. The summed E-state index contributed by atoms with van der Waals surface area (Å²) < 4.78 is 0. The van der Waals surface area contributed by atoms with Crippen molar-refractivity contribution in [2.24, 2.45) is 16.1 Å². The Morgan fingerprint density at radius 2 is 2.20 bits per heavy atom. The van der Waals surface area contributed by atoms with Crippen molar-refractivity contribution in [3.63, 3.8) is 0 Å². The molecule has 1 aromatic rings. The summed E-state index contributed by atoms with van der Waals surface area (Å²) in [6.07, 6.45) is 1.35. The van der Waals surface area contributed by atoms with Crippen LogP contribution >= 0.6 is 23.2 Å². The van der Waals surface area contributed by atoms with Crippen LogP contribution in [0, 0.1) is 0 Å². The molecule has 0 saturated carbocycles. The van der Waals surface area contributed by atoms with Gasteiger partial charge >= 0.3 is 6.03 Å². The van der Waals surface area contributed by atoms with Gasteiger partial charge in [0, 0.05) is 15.6 Å². The largest absolute Gasteiger partial charge is 0.391 e. The van der Waals surface area contributed by atoms with Crippen molar-refractivity contribution in [3.8, 4) is 0 Å². The van der Waals surface area contributed by atoms with E-state index in [1.54, 1.807) is 18.2 Å². The molecule has 0 unspecified atom stereocenters. The molecule has 20 heavy (non-hydrogen) atoms. The zero-order valence-corrected chi connectivity index (χ0v) is 11.7. The lowest BCUT2D eigenvalue weighted by Gasteiger charge is -2.19. The van der Waals surface area contributed by atoms with Crippen LogP contribution in [0.3, 0.4) is 0 Å². The molecule has 0 atom stereocenters. The van der Waals surface area contributed by atoms with Crippen molar-refractivity contribution < 1.29 is 9.63 Å². The second-order valence-electron chi connectivity index (χ2n) is 3.86. The number of rotatable bonds is 4. The standard InChI is InChI=1S/C11H11Cl2N5O2/c12-9-2-1-3-10(13)8(9)6-20-15-4-7-5-18(14)11(19)17-16-7/h1-4H,5-6,14H2,(H,17,19)/b15-4+. The quantitative estimate of drug-likeness (QED) is 0.384. The summed E-state index contributed by atoms with van der Waals surface area (Å²) in [7, 11) is 0. The van der Waals surface area contributed by atoms with Gasteiger partial charge in [0.2, 0.25) is 0 Å². The van der Waals surface area contributed by atoms with Crippen molar-refractivity contribution in [1.82, 2.24) is 10.4 Å². The number of nitrogens with zero attached hydrogens (tertiary/aromatic N) is 3. The van der Waals surface area contributed by atoms with Crippen molar-refractivity contribution in [1.29, 1.82) is 0 Å². The first-order chi connectivity index (χ1) is 9.58. The molecule has 2 amide bonds. The molecule has 0 radical (unpaired) electrons. The van der Waals surface area contributed by atoms with Gasteiger partial charge in [0.15, 0.2) is 0 Å². The van der Waals surface area contributed by atoms with Crippen LogP contribution in [0.15, 0.2) is 28.5 Å². The minimum atomic E-state index is -0.481. The SMILES string of the molecule is NN1CC(/C=N/OCc2c(Cl)cccc2Cl)=NNC1=O. The van der Waals surface area contributed by atoms with E-state index in [1.165, 1.54) is 6.21 Å². The van der Waals surface area contributed by atoms with Gasteiger partial charge in [-0.1, -0.05) is 34.4 Å². The van der Waals surface area contributed by atoms with E-state index < -0.39 is 6.03 Å². The van der Waals surface area contributed by atoms with Gasteiger partial charge in [-0.3, -0.25) is 5.01 Å². The molecule has 0 fully saturated rings. The minimum absolute atomic E-state index is 0.126. The molecule has 106 valence electrons. The Labute approximate surface area is 124 Å². The number of hydrogen-bond donors (Lipinski definition) is 2. The monoisotopic (exact) mass is 315 g/mol. The Hall–Kier alpha value is -1.83. The molecule has 0 aromatic heterocycles. The van der Waals surface area contributed by atoms with E-state index in [1.807, 2.05) is 0 Å². The Kier molecular flexibility index (Phi) is 4.78. The fourth-order valence-corrected chi connectivity index (χ4v) is 1.91. The van der Waals surface area contributed by atoms with Crippen LogP contribution in [0.5, 0.6) is 0 Å². The zero-order chi connectivity index (χ0) is 14.5. The zero-order valence-electron chi connectivity index (χ0n) is 10.2. The second-order valence-corrected chi connectivity index (χ2v) is 4.67. The molecule has 1 aliphatic heterocycles. The summed E-state index contributed by atoms with van der Waals surface area (Å²) in [4.78, 5) is 16.1. The maximum Gasteiger partial charge on any atom is 0.352 e. The van der Waals surface area contributed by atoms with E-state index in [0.29, 0.717) is 21.3 Å². The number of hydrogen-bond acceptors (Lipinski definition) is 5. The van der Waals surface area contributed by atoms with Gasteiger partial charge in [0.25, 0.3) is 0 Å². The van der Waals surface area contributed by atoms with E-state index in [2.05, 4.69) is 15.7 Å². The van der Waals surface area contributed by atoms with E-state index in [4.69, 9.17) is 33.9 Å². The van der Waals surface area contributed by atoms with Gasteiger partial charge in [0.1, 0.15) is 12.3 Å². The van der Waals surface area contributed by atoms with Crippen LogP contribution in [0.25, 0.3) is 0 Å². The summed E-state index contributed by atoms with van der Waals surface area (Å²) >= 11 is 12.0. The van der Waals surface area contributed by atoms with Crippen molar-refractivity contribution in [2.45, 2.75) is 6.61 Å². The number of hydrazone groups is 1. The Bertz CT molecular complexity index is 556. The maximum atomic E-state index is 11.0. The molecular formula is C11H11Cl2N5O2. The first-order valence-electron chi connectivity index (χ1n) is 5.55. The molecule has 3 N–H and O–H groups in total. The molecular weight excluding hydrogens is 305 g/mol. The van der Waals surface area contributed by atoms with Crippen LogP contribution in [-0.2, 0) is 11.4 Å². The molecule has 0 spiro atoms. The van der Waals surface area contributed by atoms with Crippen molar-refractivity contribution in [2.75, 3.05) is 6.54 Å². The van der Waals surface area contributed by atoms with Crippen molar-refractivity contribution >= 4 is 41.2 Å². The number of amides is 2. The summed E-state index contributed by atoms with van der Waals surface area (Å²) in [5.74, 6) is 5.41. The molecule has 0 bridgehead atoms. The number of nitrogens with one attached hydrogen (secondary N) is 1. The third kappa shape index (κ3) is 3.60. The van der Waals surface area contributed by atoms with E-state index >= 15 is 0 Å².